The second-order valence-corrected chi connectivity index (χ2v) is 6.88. The first-order valence-electron chi connectivity index (χ1n) is 8.27. The maximum atomic E-state index is 4.71. The Labute approximate surface area is 135 Å². The zero-order chi connectivity index (χ0) is 15.4. The molecule has 0 amide bonds. The molecule has 2 aliphatic rings. The number of fused-ring (bicyclic) bond motifs is 2. The summed E-state index contributed by atoms with van der Waals surface area (Å²) in [5, 5.41) is 1.23. The summed E-state index contributed by atoms with van der Waals surface area (Å²) in [5.74, 6) is 0.843. The predicted octanol–water partition coefficient (Wildman–Crippen LogP) is 2.98. The molecular formula is C19H20N4. The number of anilines is 1. The maximum absolute atomic E-state index is 4.71. The molecule has 0 bridgehead atoms. The van der Waals surface area contributed by atoms with Crippen LogP contribution in [0.15, 0.2) is 48.8 Å². The highest BCUT2D eigenvalue weighted by molar-refractivity contribution is 5.84. The van der Waals surface area contributed by atoms with Gasteiger partial charge in [-0.05, 0) is 37.4 Å². The van der Waals surface area contributed by atoms with Gasteiger partial charge in [0.25, 0.3) is 0 Å². The summed E-state index contributed by atoms with van der Waals surface area (Å²) in [4.78, 5) is 12.9. The molecule has 4 nitrogen and oxygen atoms in total. The highest BCUT2D eigenvalue weighted by Crippen LogP contribution is 2.36. The molecule has 2 atom stereocenters. The number of hydrogen-bond donors (Lipinski definition) is 1. The number of nitrogens with one attached hydrogen (secondary N) is 1. The van der Waals surface area contributed by atoms with Crippen LogP contribution in [0.1, 0.15) is 0 Å². The average Bonchev–Trinajstić information content (AvgIpc) is 3.14. The number of rotatable bonds is 2. The zero-order valence-corrected chi connectivity index (χ0v) is 13.2. The SMILES string of the molecule is CN1CC2[C@H](C1)CN2c1ccc(-c2ccc3[nH]ccc3c2)nc1. The van der Waals surface area contributed by atoms with Gasteiger partial charge in [-0.1, -0.05) is 6.07 Å². The van der Waals surface area contributed by atoms with Gasteiger partial charge in [-0.2, -0.15) is 0 Å². The van der Waals surface area contributed by atoms with Gasteiger partial charge < -0.3 is 14.8 Å². The summed E-state index contributed by atoms with van der Waals surface area (Å²) in [7, 11) is 2.22. The Kier molecular flexibility index (Phi) is 2.76. The van der Waals surface area contributed by atoms with Gasteiger partial charge in [0.1, 0.15) is 0 Å². The first-order chi connectivity index (χ1) is 11.3. The summed E-state index contributed by atoms with van der Waals surface area (Å²) in [6.07, 6.45) is 4.01. The minimum atomic E-state index is 0.684. The van der Waals surface area contributed by atoms with Crippen LogP contribution in [0.5, 0.6) is 0 Å². The van der Waals surface area contributed by atoms with E-state index in [1.807, 2.05) is 12.4 Å². The third-order valence-corrected chi connectivity index (χ3v) is 5.35. The third kappa shape index (κ3) is 2.05. The Morgan fingerprint density at radius 3 is 2.87 bits per heavy atom. The summed E-state index contributed by atoms with van der Waals surface area (Å²) in [6.45, 7) is 3.59. The van der Waals surface area contributed by atoms with E-state index in [1.54, 1.807) is 0 Å². The Balaban J connectivity index is 1.41. The average molecular weight is 304 g/mol. The van der Waals surface area contributed by atoms with E-state index in [-0.39, 0.29) is 0 Å². The van der Waals surface area contributed by atoms with Gasteiger partial charge in [0.2, 0.25) is 0 Å². The second-order valence-electron chi connectivity index (χ2n) is 6.88. The fourth-order valence-corrected chi connectivity index (χ4v) is 4.08. The molecule has 5 rings (SSSR count). The minimum absolute atomic E-state index is 0.684. The van der Waals surface area contributed by atoms with Crippen LogP contribution in [-0.2, 0) is 0 Å². The number of hydrogen-bond acceptors (Lipinski definition) is 3. The van der Waals surface area contributed by atoms with Crippen molar-refractivity contribution < 1.29 is 0 Å². The summed E-state index contributed by atoms with van der Waals surface area (Å²) >= 11 is 0. The summed E-state index contributed by atoms with van der Waals surface area (Å²) in [6, 6.07) is 13.6. The normalized spacial score (nSPS) is 24.0. The van der Waals surface area contributed by atoms with Gasteiger partial charge in [-0.3, -0.25) is 4.98 Å². The molecule has 2 aliphatic heterocycles. The molecule has 2 fully saturated rings. The number of nitrogens with zero attached hydrogens (tertiary/aromatic N) is 3. The van der Waals surface area contributed by atoms with E-state index < -0.39 is 0 Å². The molecule has 0 radical (unpaired) electrons. The van der Waals surface area contributed by atoms with Crippen molar-refractivity contribution in [3.63, 3.8) is 0 Å². The summed E-state index contributed by atoms with van der Waals surface area (Å²) < 4.78 is 0. The van der Waals surface area contributed by atoms with Crippen LogP contribution in [0, 0.1) is 5.92 Å². The molecule has 4 heteroatoms. The number of H-pyrrole nitrogens is 1. The van der Waals surface area contributed by atoms with E-state index in [0.717, 1.165) is 11.6 Å². The monoisotopic (exact) mass is 304 g/mol. The van der Waals surface area contributed by atoms with Crippen molar-refractivity contribution >= 4 is 16.6 Å². The van der Waals surface area contributed by atoms with Crippen molar-refractivity contribution in [2.75, 3.05) is 31.6 Å². The number of benzene rings is 1. The zero-order valence-electron chi connectivity index (χ0n) is 13.2. The Morgan fingerprint density at radius 2 is 2.04 bits per heavy atom. The first kappa shape index (κ1) is 13.1. The van der Waals surface area contributed by atoms with Crippen molar-refractivity contribution in [3.05, 3.63) is 48.8 Å². The lowest BCUT2D eigenvalue weighted by atomic mass is 9.91. The van der Waals surface area contributed by atoms with E-state index in [9.17, 15) is 0 Å². The van der Waals surface area contributed by atoms with E-state index in [1.165, 1.54) is 41.8 Å². The van der Waals surface area contributed by atoms with Gasteiger partial charge >= 0.3 is 0 Å². The van der Waals surface area contributed by atoms with E-state index >= 15 is 0 Å². The van der Waals surface area contributed by atoms with Crippen LogP contribution in [0.25, 0.3) is 22.2 Å². The van der Waals surface area contributed by atoms with E-state index in [2.05, 4.69) is 58.2 Å². The number of likely N-dealkylation sites (N-methyl/N-ethyl adjacent to an activating group) is 1. The van der Waals surface area contributed by atoms with Crippen LogP contribution in [0.4, 0.5) is 5.69 Å². The second kappa shape index (κ2) is 4.83. The smallest absolute Gasteiger partial charge is 0.0703 e. The Bertz CT molecular complexity index is 851. The van der Waals surface area contributed by atoms with Crippen molar-refractivity contribution in [2.24, 2.45) is 5.92 Å². The van der Waals surface area contributed by atoms with Crippen molar-refractivity contribution in [1.82, 2.24) is 14.9 Å². The highest BCUT2D eigenvalue weighted by atomic mass is 15.3. The number of pyridine rings is 1. The molecule has 2 saturated heterocycles. The van der Waals surface area contributed by atoms with Crippen LogP contribution >= 0.6 is 0 Å². The van der Waals surface area contributed by atoms with E-state index in [0.29, 0.717) is 6.04 Å². The van der Waals surface area contributed by atoms with Crippen LogP contribution in [-0.4, -0.2) is 47.6 Å². The molecule has 2 aromatic heterocycles. The highest BCUT2D eigenvalue weighted by Gasteiger charge is 2.44. The summed E-state index contributed by atoms with van der Waals surface area (Å²) in [5.41, 5.74) is 4.64. The topological polar surface area (TPSA) is 35.2 Å². The lowest BCUT2D eigenvalue weighted by Crippen LogP contribution is -2.55. The molecule has 1 unspecified atom stereocenters. The van der Waals surface area contributed by atoms with Crippen LogP contribution in [0.3, 0.4) is 0 Å². The third-order valence-electron chi connectivity index (χ3n) is 5.35. The largest absolute Gasteiger partial charge is 0.365 e. The predicted molar refractivity (Wildman–Crippen MR) is 93.7 cm³/mol. The lowest BCUT2D eigenvalue weighted by Gasteiger charge is -2.45. The van der Waals surface area contributed by atoms with Crippen molar-refractivity contribution in [2.45, 2.75) is 6.04 Å². The molecule has 4 heterocycles. The number of aromatic nitrogens is 2. The first-order valence-corrected chi connectivity index (χ1v) is 8.27. The molecule has 0 saturated carbocycles. The van der Waals surface area contributed by atoms with Gasteiger partial charge in [0.15, 0.2) is 0 Å². The molecule has 0 aliphatic carbocycles. The molecule has 116 valence electrons. The quantitative estimate of drug-likeness (QED) is 0.790. The van der Waals surface area contributed by atoms with Gasteiger partial charge in [0.05, 0.1) is 17.6 Å². The standard InChI is InChI=1S/C19H20N4/c1-22-10-15-11-23(19(15)12-22)16-3-5-18(21-9-16)13-2-4-17-14(8-13)6-7-20-17/h2-9,15,19-20H,10-12H2,1H3/t15-,19?/m1/s1. The fraction of sp³-hybridized carbons (Fsp3) is 0.316. The molecule has 23 heavy (non-hydrogen) atoms. The van der Waals surface area contributed by atoms with Gasteiger partial charge in [0, 0.05) is 54.3 Å². The van der Waals surface area contributed by atoms with Crippen LogP contribution < -0.4 is 4.90 Å². The van der Waals surface area contributed by atoms with Crippen LogP contribution in [0.2, 0.25) is 0 Å². The lowest BCUT2D eigenvalue weighted by molar-refractivity contribution is 0.361. The van der Waals surface area contributed by atoms with Crippen molar-refractivity contribution in [1.29, 1.82) is 0 Å². The van der Waals surface area contributed by atoms with Gasteiger partial charge in [-0.25, -0.2) is 0 Å². The minimum Gasteiger partial charge on any atom is -0.365 e. The molecule has 1 N–H and O–H groups in total. The molecule has 3 aromatic rings. The van der Waals surface area contributed by atoms with Gasteiger partial charge in [-0.15, -0.1) is 0 Å². The molecule has 0 spiro atoms. The molecule has 1 aromatic carbocycles. The fourth-order valence-electron chi connectivity index (χ4n) is 4.08. The Hall–Kier alpha value is -2.33. The number of likely N-dealkylation sites (tertiary alicyclic amines) is 1. The maximum Gasteiger partial charge on any atom is 0.0703 e. The number of aromatic amines is 1. The van der Waals surface area contributed by atoms with Crippen molar-refractivity contribution in [3.8, 4) is 11.3 Å². The van der Waals surface area contributed by atoms with E-state index in [4.69, 9.17) is 4.98 Å². The molecular weight excluding hydrogens is 284 g/mol. The Morgan fingerprint density at radius 1 is 1.09 bits per heavy atom.